The van der Waals surface area contributed by atoms with Crippen molar-refractivity contribution >= 4 is 7.32 Å². The summed E-state index contributed by atoms with van der Waals surface area (Å²) in [6, 6.07) is 0.840. The molecule has 0 aliphatic heterocycles. The van der Waals surface area contributed by atoms with Gasteiger partial charge in [0.1, 0.15) is 0 Å². The smallest absolute Gasteiger partial charge is 0.402 e. The summed E-state index contributed by atoms with van der Waals surface area (Å²) in [6.45, 7) is 0.874. The van der Waals surface area contributed by atoms with Crippen LogP contribution in [0.25, 0.3) is 0 Å². The molecule has 0 aromatic carbocycles. The second kappa shape index (κ2) is 11.2. The van der Waals surface area contributed by atoms with Gasteiger partial charge in [0.05, 0.1) is 0 Å². The van der Waals surface area contributed by atoms with Crippen LogP contribution in [0.5, 0.6) is 0 Å². The Balaban J connectivity index is 0. The molecule has 0 radical (unpaired) electrons. The molecule has 1 heterocycles. The van der Waals surface area contributed by atoms with Gasteiger partial charge in [0.25, 0.3) is 0 Å². The fourth-order valence-electron chi connectivity index (χ4n) is 0.935. The Bertz CT molecular complexity index is 335. The number of hydrogen-bond acceptors (Lipinski definition) is 5. The van der Waals surface area contributed by atoms with Crippen molar-refractivity contribution in [1.29, 1.82) is 0 Å². The molecule has 1 rings (SSSR count). The van der Waals surface area contributed by atoms with Crippen LogP contribution >= 0.6 is 0 Å². The molecule has 0 unspecified atom stereocenters. The first-order valence-electron chi connectivity index (χ1n) is 4.83. The molecule has 6 nitrogen and oxygen atoms in total. The normalized spacial score (nSPS) is 10.3. The summed E-state index contributed by atoms with van der Waals surface area (Å²) in [4.78, 5) is 0. The zero-order valence-electron chi connectivity index (χ0n) is 10.6. The number of methoxy groups -OCH3 is 1. The fraction of sp³-hybridized carbons (Fsp3) is 0.625. The van der Waals surface area contributed by atoms with Crippen molar-refractivity contribution in [1.82, 2.24) is 9.78 Å². The Morgan fingerprint density at radius 2 is 1.95 bits per heavy atom. The maximum atomic E-state index is 12.1. The van der Waals surface area contributed by atoms with Gasteiger partial charge in [0.2, 0.25) is 0 Å². The standard InChI is InChI=1S/C8H10F3N2O.BH3O3.K/c1-14-6-2-4-13-5-3-7(12-13)8(9,10)11;2-1(3)4;/h3H,2,4,6H2,1H3;2-4H;/q-1;;+1. The predicted molar refractivity (Wildman–Crippen MR) is 55.0 cm³/mol. The molecule has 0 atom stereocenters. The molecular weight excluding hydrogens is 295 g/mol. The minimum Gasteiger partial charge on any atom is -0.402 e. The van der Waals surface area contributed by atoms with E-state index in [0.717, 1.165) is 10.7 Å². The zero-order valence-corrected chi connectivity index (χ0v) is 13.7. The second-order valence-corrected chi connectivity index (χ2v) is 3.07. The number of rotatable bonds is 4. The van der Waals surface area contributed by atoms with E-state index in [4.69, 9.17) is 19.8 Å². The third-order valence-corrected chi connectivity index (χ3v) is 1.59. The van der Waals surface area contributed by atoms with Crippen molar-refractivity contribution in [3.63, 3.8) is 0 Å². The van der Waals surface area contributed by atoms with Gasteiger partial charge in [-0.2, -0.15) is 19.2 Å². The van der Waals surface area contributed by atoms with Crippen LogP contribution in [0.2, 0.25) is 0 Å². The van der Waals surface area contributed by atoms with Crippen LogP contribution in [0.4, 0.5) is 13.2 Å². The van der Waals surface area contributed by atoms with Gasteiger partial charge in [-0.1, -0.05) is 0 Å². The Morgan fingerprint density at radius 3 is 2.32 bits per heavy atom. The van der Waals surface area contributed by atoms with Crippen LogP contribution in [0.15, 0.2) is 6.07 Å². The number of aryl methyl sites for hydroxylation is 1. The number of nitrogens with zero attached hydrogens (tertiary/aromatic N) is 2. The number of aromatic nitrogens is 2. The van der Waals surface area contributed by atoms with E-state index in [1.807, 2.05) is 0 Å². The molecule has 1 aromatic rings. The van der Waals surface area contributed by atoms with E-state index in [2.05, 4.69) is 11.3 Å². The number of alkyl halides is 3. The SMILES string of the molecule is COCCCn1[c-]cc(C(F)(F)F)n1.OB(O)O.[K+]. The summed E-state index contributed by atoms with van der Waals surface area (Å²) in [5, 5.41) is 24.8. The summed E-state index contributed by atoms with van der Waals surface area (Å²) in [6.07, 6.45) is -1.37. The molecular formula is C8H13BF3KN2O4. The van der Waals surface area contributed by atoms with Crippen molar-refractivity contribution in [2.45, 2.75) is 19.1 Å². The molecule has 0 spiro atoms. The summed E-state index contributed by atoms with van der Waals surface area (Å²) < 4.78 is 42.1. The van der Waals surface area contributed by atoms with Crippen molar-refractivity contribution in [2.75, 3.05) is 13.7 Å². The molecule has 3 N–H and O–H groups in total. The molecule has 0 saturated heterocycles. The Kier molecular flexibility index (Phi) is 12.9. The van der Waals surface area contributed by atoms with Crippen LogP contribution in [0.1, 0.15) is 12.1 Å². The van der Waals surface area contributed by atoms with Gasteiger partial charge in [-0.3, -0.25) is 5.10 Å². The van der Waals surface area contributed by atoms with E-state index in [1.165, 1.54) is 7.11 Å². The van der Waals surface area contributed by atoms with Gasteiger partial charge < -0.3 is 24.5 Å². The van der Waals surface area contributed by atoms with Crippen LogP contribution in [0.3, 0.4) is 0 Å². The maximum Gasteiger partial charge on any atom is 1.00 e. The summed E-state index contributed by atoms with van der Waals surface area (Å²) in [7, 11) is -0.631. The Labute approximate surface area is 151 Å². The molecule has 0 aliphatic rings. The largest absolute Gasteiger partial charge is 1.00 e. The van der Waals surface area contributed by atoms with Gasteiger partial charge in [0.15, 0.2) is 0 Å². The van der Waals surface area contributed by atoms with Gasteiger partial charge in [0, 0.05) is 26.0 Å². The topological polar surface area (TPSA) is 87.7 Å². The van der Waals surface area contributed by atoms with E-state index in [1.54, 1.807) is 0 Å². The monoisotopic (exact) mass is 308 g/mol. The zero-order chi connectivity index (χ0) is 14.2. The average Bonchev–Trinajstić information content (AvgIpc) is 2.65. The predicted octanol–water partition coefficient (Wildman–Crippen LogP) is -3.31. The van der Waals surface area contributed by atoms with E-state index >= 15 is 0 Å². The first kappa shape index (κ1) is 21.8. The number of ether oxygens (including phenoxy) is 1. The third-order valence-electron chi connectivity index (χ3n) is 1.59. The molecule has 19 heavy (non-hydrogen) atoms. The first-order chi connectivity index (χ1) is 8.27. The van der Waals surface area contributed by atoms with E-state index in [-0.39, 0.29) is 51.4 Å². The molecule has 0 saturated carbocycles. The average molecular weight is 308 g/mol. The van der Waals surface area contributed by atoms with Gasteiger partial charge in [-0.25, -0.2) is 0 Å². The van der Waals surface area contributed by atoms with Crippen LogP contribution in [0, 0.1) is 6.20 Å². The van der Waals surface area contributed by atoms with E-state index in [9.17, 15) is 13.2 Å². The molecule has 1 aromatic heterocycles. The second-order valence-electron chi connectivity index (χ2n) is 3.07. The molecule has 0 bridgehead atoms. The van der Waals surface area contributed by atoms with Crippen molar-refractivity contribution in [2.24, 2.45) is 0 Å². The van der Waals surface area contributed by atoms with Crippen molar-refractivity contribution < 1.29 is 84.4 Å². The molecule has 11 heteroatoms. The van der Waals surface area contributed by atoms with Gasteiger partial charge >= 0.3 is 64.9 Å². The van der Waals surface area contributed by atoms with Crippen molar-refractivity contribution in [3.8, 4) is 0 Å². The molecule has 0 fully saturated rings. The summed E-state index contributed by atoms with van der Waals surface area (Å²) >= 11 is 0. The van der Waals surface area contributed by atoms with E-state index in [0.29, 0.717) is 19.6 Å². The molecule has 0 amide bonds. The third kappa shape index (κ3) is 12.0. The number of halogens is 3. The Morgan fingerprint density at radius 1 is 1.42 bits per heavy atom. The molecule has 104 valence electrons. The minimum atomic E-state index is -4.39. The minimum absolute atomic E-state index is 0. The maximum absolute atomic E-state index is 12.1. The summed E-state index contributed by atoms with van der Waals surface area (Å²) in [5.41, 5.74) is -0.907. The van der Waals surface area contributed by atoms with Gasteiger partial charge in [-0.15, -0.1) is 6.20 Å². The van der Waals surface area contributed by atoms with Gasteiger partial charge in [-0.05, 0) is 6.42 Å². The van der Waals surface area contributed by atoms with Crippen molar-refractivity contribution in [3.05, 3.63) is 18.0 Å². The van der Waals surface area contributed by atoms with Crippen LogP contribution < -0.4 is 51.4 Å². The molecule has 0 aliphatic carbocycles. The fourth-order valence-corrected chi connectivity index (χ4v) is 0.935. The van der Waals surface area contributed by atoms with Crippen LogP contribution in [-0.2, 0) is 17.5 Å². The first-order valence-corrected chi connectivity index (χ1v) is 4.83. The number of hydrogen-bond donors (Lipinski definition) is 3. The quantitative estimate of drug-likeness (QED) is 0.308. The Hall–Kier alpha value is 0.541. The summed E-state index contributed by atoms with van der Waals surface area (Å²) in [5.74, 6) is 0. The van der Waals surface area contributed by atoms with Crippen LogP contribution in [-0.4, -0.2) is 45.9 Å². The van der Waals surface area contributed by atoms with E-state index < -0.39 is 19.2 Å².